The molecule has 2 heterocycles. The molecule has 1 aromatic carbocycles. The van der Waals surface area contributed by atoms with E-state index in [0.717, 1.165) is 29.1 Å². The molecule has 3 rings (SSSR count). The minimum Gasteiger partial charge on any atom is -0.314 e. The van der Waals surface area contributed by atoms with Crippen LogP contribution >= 0.6 is 15.9 Å². The van der Waals surface area contributed by atoms with Crippen molar-refractivity contribution in [2.45, 2.75) is 45.3 Å². The summed E-state index contributed by atoms with van der Waals surface area (Å²) in [6.45, 7) is 2.08. The molecule has 1 aliphatic heterocycles. The second kappa shape index (κ2) is 6.66. The predicted molar refractivity (Wildman–Crippen MR) is 82.2 cm³/mol. The number of fused-ring (bicyclic) bond motifs is 1. The normalized spacial score (nSPS) is 14.8. The Bertz CT molecular complexity index is 626. The van der Waals surface area contributed by atoms with Crippen molar-refractivity contribution < 1.29 is 4.39 Å². The molecule has 0 spiro atoms. The van der Waals surface area contributed by atoms with Crippen molar-refractivity contribution in [1.29, 1.82) is 0 Å². The molecule has 0 saturated heterocycles. The number of halogens is 2. The minimum atomic E-state index is -0.189. The number of rotatable bonds is 4. The Balaban J connectivity index is 1.63. The van der Waals surface area contributed by atoms with E-state index in [2.05, 4.69) is 36.0 Å². The number of aromatic nitrogens is 3. The summed E-state index contributed by atoms with van der Waals surface area (Å²) in [4.78, 5) is 0. The quantitative estimate of drug-likeness (QED) is 0.918. The van der Waals surface area contributed by atoms with Gasteiger partial charge in [-0.15, -0.1) is 10.2 Å². The molecule has 0 fully saturated rings. The molecule has 6 heteroatoms. The van der Waals surface area contributed by atoms with Gasteiger partial charge in [0, 0.05) is 29.5 Å². The zero-order valence-electron chi connectivity index (χ0n) is 11.8. The van der Waals surface area contributed by atoms with Crippen LogP contribution < -0.4 is 5.32 Å². The lowest BCUT2D eigenvalue weighted by Gasteiger charge is -2.09. The van der Waals surface area contributed by atoms with Crippen LogP contribution in [-0.4, -0.2) is 14.8 Å². The van der Waals surface area contributed by atoms with E-state index in [1.165, 1.54) is 25.3 Å². The third-order valence-corrected chi connectivity index (χ3v) is 4.29. The summed E-state index contributed by atoms with van der Waals surface area (Å²) in [5, 5.41) is 11.8. The molecule has 0 atom stereocenters. The highest BCUT2D eigenvalue weighted by Crippen LogP contribution is 2.16. The molecule has 2 aromatic rings. The van der Waals surface area contributed by atoms with Crippen molar-refractivity contribution in [2.24, 2.45) is 0 Å². The van der Waals surface area contributed by atoms with Crippen molar-refractivity contribution in [3.63, 3.8) is 0 Å². The van der Waals surface area contributed by atoms with Crippen molar-refractivity contribution in [1.82, 2.24) is 20.1 Å². The molecular formula is C15H18BrFN4. The average molecular weight is 353 g/mol. The molecule has 21 heavy (non-hydrogen) atoms. The van der Waals surface area contributed by atoms with E-state index in [1.807, 2.05) is 0 Å². The number of benzene rings is 1. The average Bonchev–Trinajstić information content (AvgIpc) is 2.71. The van der Waals surface area contributed by atoms with Crippen LogP contribution in [0.4, 0.5) is 4.39 Å². The fourth-order valence-electron chi connectivity index (χ4n) is 2.66. The van der Waals surface area contributed by atoms with Crippen LogP contribution in [0.25, 0.3) is 0 Å². The topological polar surface area (TPSA) is 42.7 Å². The number of nitrogens with zero attached hydrogens (tertiary/aromatic N) is 3. The Morgan fingerprint density at radius 1 is 1.19 bits per heavy atom. The summed E-state index contributed by atoms with van der Waals surface area (Å²) in [7, 11) is 0. The van der Waals surface area contributed by atoms with Crippen molar-refractivity contribution in [3.8, 4) is 0 Å². The van der Waals surface area contributed by atoms with Crippen LogP contribution in [0.1, 0.15) is 36.5 Å². The predicted octanol–water partition coefficient (Wildman–Crippen LogP) is 3.20. The lowest BCUT2D eigenvalue weighted by molar-refractivity contribution is 0.556. The summed E-state index contributed by atoms with van der Waals surface area (Å²) in [5.41, 5.74) is 0.653. The van der Waals surface area contributed by atoms with Crippen LogP contribution in [0.3, 0.4) is 0 Å². The van der Waals surface area contributed by atoms with Gasteiger partial charge in [0.05, 0.1) is 6.54 Å². The Labute approximate surface area is 131 Å². The van der Waals surface area contributed by atoms with Crippen molar-refractivity contribution >= 4 is 15.9 Å². The lowest BCUT2D eigenvalue weighted by Crippen LogP contribution is -2.18. The first kappa shape index (κ1) is 14.7. The molecule has 0 bridgehead atoms. The van der Waals surface area contributed by atoms with Crippen molar-refractivity contribution in [2.75, 3.05) is 0 Å². The molecule has 0 radical (unpaired) electrons. The Morgan fingerprint density at radius 2 is 2.10 bits per heavy atom. The SMILES string of the molecule is Fc1ccc(Br)cc1CNCc1nnc2n1CCCCC2. The molecule has 4 nitrogen and oxygen atoms in total. The van der Waals surface area contributed by atoms with Gasteiger partial charge in [-0.2, -0.15) is 0 Å². The lowest BCUT2D eigenvalue weighted by atomic mass is 10.2. The van der Waals surface area contributed by atoms with Gasteiger partial charge in [-0.25, -0.2) is 4.39 Å². The van der Waals surface area contributed by atoms with Gasteiger partial charge in [-0.05, 0) is 31.0 Å². The summed E-state index contributed by atoms with van der Waals surface area (Å²) < 4.78 is 16.8. The zero-order valence-corrected chi connectivity index (χ0v) is 13.4. The van der Waals surface area contributed by atoms with Crippen LogP contribution in [0.15, 0.2) is 22.7 Å². The third kappa shape index (κ3) is 3.49. The third-order valence-electron chi connectivity index (χ3n) is 3.79. The Hall–Kier alpha value is -1.27. The molecular weight excluding hydrogens is 335 g/mol. The van der Waals surface area contributed by atoms with E-state index < -0.39 is 0 Å². The smallest absolute Gasteiger partial charge is 0.147 e. The Morgan fingerprint density at radius 3 is 3.00 bits per heavy atom. The first-order valence-corrected chi connectivity index (χ1v) is 8.09. The fourth-order valence-corrected chi connectivity index (χ4v) is 3.07. The number of hydrogen-bond donors (Lipinski definition) is 1. The standard InChI is InChI=1S/C15H18BrFN4/c16-12-5-6-13(17)11(8-12)9-18-10-15-20-19-14-4-2-1-3-7-21(14)15/h5-6,8,18H,1-4,7,9-10H2. The van der Waals surface area contributed by atoms with Crippen molar-refractivity contribution in [3.05, 3.63) is 45.7 Å². The van der Waals surface area contributed by atoms with Crippen LogP contribution in [-0.2, 0) is 26.1 Å². The summed E-state index contributed by atoms with van der Waals surface area (Å²) in [6.07, 6.45) is 4.62. The highest BCUT2D eigenvalue weighted by molar-refractivity contribution is 9.10. The second-order valence-electron chi connectivity index (χ2n) is 5.33. The molecule has 0 saturated carbocycles. The Kier molecular flexibility index (Phi) is 4.65. The van der Waals surface area contributed by atoms with Gasteiger partial charge in [0.15, 0.2) is 0 Å². The fraction of sp³-hybridized carbons (Fsp3) is 0.467. The van der Waals surface area contributed by atoms with Crippen LogP contribution in [0.5, 0.6) is 0 Å². The van der Waals surface area contributed by atoms with Gasteiger partial charge < -0.3 is 9.88 Å². The van der Waals surface area contributed by atoms with E-state index in [1.54, 1.807) is 12.1 Å². The van der Waals surface area contributed by atoms with Crippen LogP contribution in [0.2, 0.25) is 0 Å². The molecule has 0 amide bonds. The first-order chi connectivity index (χ1) is 10.2. The van der Waals surface area contributed by atoms with E-state index in [-0.39, 0.29) is 5.82 Å². The largest absolute Gasteiger partial charge is 0.314 e. The molecule has 1 N–H and O–H groups in total. The maximum absolute atomic E-state index is 13.7. The number of nitrogens with one attached hydrogen (secondary N) is 1. The summed E-state index contributed by atoms with van der Waals surface area (Å²) >= 11 is 3.36. The van der Waals surface area contributed by atoms with Gasteiger partial charge in [0.1, 0.15) is 17.5 Å². The van der Waals surface area contributed by atoms with Gasteiger partial charge in [0.2, 0.25) is 0 Å². The maximum Gasteiger partial charge on any atom is 0.147 e. The molecule has 1 aromatic heterocycles. The molecule has 112 valence electrons. The first-order valence-electron chi connectivity index (χ1n) is 7.29. The summed E-state index contributed by atoms with van der Waals surface area (Å²) in [5.74, 6) is 1.84. The van der Waals surface area contributed by atoms with E-state index in [9.17, 15) is 4.39 Å². The molecule has 1 aliphatic rings. The van der Waals surface area contributed by atoms with Gasteiger partial charge in [0.25, 0.3) is 0 Å². The highest BCUT2D eigenvalue weighted by atomic mass is 79.9. The number of hydrogen-bond acceptors (Lipinski definition) is 3. The summed E-state index contributed by atoms with van der Waals surface area (Å²) in [6, 6.07) is 4.98. The van der Waals surface area contributed by atoms with Gasteiger partial charge >= 0.3 is 0 Å². The molecule has 0 aliphatic carbocycles. The van der Waals surface area contributed by atoms with E-state index in [0.29, 0.717) is 18.7 Å². The van der Waals surface area contributed by atoms with E-state index in [4.69, 9.17) is 0 Å². The van der Waals surface area contributed by atoms with Crippen LogP contribution in [0, 0.1) is 5.82 Å². The van der Waals surface area contributed by atoms with Gasteiger partial charge in [-0.3, -0.25) is 0 Å². The molecule has 0 unspecified atom stereocenters. The highest BCUT2D eigenvalue weighted by Gasteiger charge is 2.14. The van der Waals surface area contributed by atoms with Gasteiger partial charge in [-0.1, -0.05) is 22.4 Å². The number of aryl methyl sites for hydroxylation is 1. The zero-order chi connectivity index (χ0) is 14.7. The minimum absolute atomic E-state index is 0.189. The monoisotopic (exact) mass is 352 g/mol. The second-order valence-corrected chi connectivity index (χ2v) is 6.25. The van der Waals surface area contributed by atoms with E-state index >= 15 is 0 Å². The maximum atomic E-state index is 13.7.